The molecule has 2 N–H and O–H groups in total. The number of carbonyl (C=O) groups is 1. The number of amides is 1. The number of nitrogens with one attached hydrogen (secondary N) is 2. The lowest BCUT2D eigenvalue weighted by molar-refractivity contribution is -0.116. The number of aryl methyl sites for hydroxylation is 2. The number of hydrogen-bond acceptors (Lipinski definition) is 5. The molecule has 0 fully saturated rings. The molecule has 0 saturated heterocycles. The molecule has 8 heteroatoms. The standard InChI is InChI=1S/C22H18N4O3S/c27-19(11-26-18-7-2-1-6-16(18)20(28)25-22(26)29)24-21-23-17(12-30-21)15-9-8-13-4-3-5-14(13)10-15/h1-2,6-10,12H,3-5,11H2,(H,23,24,27)(H,25,28,29). The van der Waals surface area contributed by atoms with Crippen molar-refractivity contribution >= 4 is 33.3 Å². The summed E-state index contributed by atoms with van der Waals surface area (Å²) in [4.78, 5) is 43.5. The van der Waals surface area contributed by atoms with Crippen molar-refractivity contribution in [2.24, 2.45) is 0 Å². The smallest absolute Gasteiger partial charge is 0.300 e. The molecule has 1 amide bonds. The average molecular weight is 418 g/mol. The number of anilines is 1. The molecule has 0 unspecified atom stereocenters. The first-order chi connectivity index (χ1) is 14.6. The molecule has 2 heterocycles. The van der Waals surface area contributed by atoms with E-state index in [1.807, 2.05) is 5.38 Å². The van der Waals surface area contributed by atoms with E-state index in [0.29, 0.717) is 16.0 Å². The lowest BCUT2D eigenvalue weighted by Crippen LogP contribution is -2.33. The lowest BCUT2D eigenvalue weighted by atomic mass is 10.1. The maximum atomic E-state index is 12.6. The van der Waals surface area contributed by atoms with Gasteiger partial charge in [0.05, 0.1) is 16.6 Å². The molecule has 0 spiro atoms. The van der Waals surface area contributed by atoms with Crippen LogP contribution in [-0.2, 0) is 24.2 Å². The highest BCUT2D eigenvalue weighted by atomic mass is 32.1. The summed E-state index contributed by atoms with van der Waals surface area (Å²) in [6, 6.07) is 13.1. The molecule has 1 aliphatic rings. The summed E-state index contributed by atoms with van der Waals surface area (Å²) in [5.74, 6) is -0.385. The Morgan fingerprint density at radius 3 is 2.87 bits per heavy atom. The van der Waals surface area contributed by atoms with Gasteiger partial charge in [-0.1, -0.05) is 24.3 Å². The second kappa shape index (κ2) is 7.38. The molecule has 2 aromatic carbocycles. The number of carbonyl (C=O) groups excluding carboxylic acids is 1. The fourth-order valence-electron chi connectivity index (χ4n) is 3.90. The van der Waals surface area contributed by atoms with Crippen LogP contribution < -0.4 is 16.6 Å². The molecule has 30 heavy (non-hydrogen) atoms. The van der Waals surface area contributed by atoms with Crippen molar-refractivity contribution in [2.75, 3.05) is 5.32 Å². The molecule has 0 aliphatic heterocycles. The fraction of sp³-hybridized carbons (Fsp3) is 0.182. The number of hydrogen-bond donors (Lipinski definition) is 2. The Kier molecular flexibility index (Phi) is 4.55. The van der Waals surface area contributed by atoms with Gasteiger partial charge in [0.2, 0.25) is 5.91 Å². The minimum Gasteiger partial charge on any atom is -0.300 e. The molecule has 0 atom stereocenters. The van der Waals surface area contributed by atoms with Gasteiger partial charge in [0.1, 0.15) is 6.54 Å². The van der Waals surface area contributed by atoms with Crippen LogP contribution in [-0.4, -0.2) is 20.4 Å². The van der Waals surface area contributed by atoms with Crippen molar-refractivity contribution in [1.29, 1.82) is 0 Å². The van der Waals surface area contributed by atoms with Crippen LogP contribution >= 0.6 is 11.3 Å². The first kappa shape index (κ1) is 18.5. The van der Waals surface area contributed by atoms with Crippen LogP contribution in [0.5, 0.6) is 0 Å². The normalized spacial score (nSPS) is 12.8. The number of fused-ring (bicyclic) bond motifs is 2. The lowest BCUT2D eigenvalue weighted by Gasteiger charge is -2.08. The summed E-state index contributed by atoms with van der Waals surface area (Å²) < 4.78 is 1.25. The topological polar surface area (TPSA) is 96.9 Å². The van der Waals surface area contributed by atoms with Gasteiger partial charge in [0.15, 0.2) is 5.13 Å². The van der Waals surface area contributed by atoms with Gasteiger partial charge >= 0.3 is 5.69 Å². The number of nitrogens with zero attached hydrogens (tertiary/aromatic N) is 2. The highest BCUT2D eigenvalue weighted by molar-refractivity contribution is 7.14. The molecule has 4 aromatic rings. The van der Waals surface area contributed by atoms with Crippen LogP contribution in [0.1, 0.15) is 17.5 Å². The van der Waals surface area contributed by atoms with Crippen LogP contribution in [0.2, 0.25) is 0 Å². The second-order valence-electron chi connectivity index (χ2n) is 7.29. The maximum Gasteiger partial charge on any atom is 0.329 e. The predicted molar refractivity (Wildman–Crippen MR) is 117 cm³/mol. The number of thiazole rings is 1. The molecule has 5 rings (SSSR count). The van der Waals surface area contributed by atoms with Crippen LogP contribution in [0, 0.1) is 0 Å². The van der Waals surface area contributed by atoms with Crippen LogP contribution in [0.4, 0.5) is 5.13 Å². The zero-order chi connectivity index (χ0) is 20.7. The number of para-hydroxylation sites is 1. The van der Waals surface area contributed by atoms with Gasteiger partial charge in [0, 0.05) is 10.9 Å². The summed E-state index contributed by atoms with van der Waals surface area (Å²) in [7, 11) is 0. The van der Waals surface area contributed by atoms with E-state index in [1.54, 1.807) is 24.3 Å². The van der Waals surface area contributed by atoms with E-state index in [0.717, 1.165) is 24.1 Å². The van der Waals surface area contributed by atoms with Crippen LogP contribution in [0.15, 0.2) is 57.4 Å². The highest BCUT2D eigenvalue weighted by Gasteiger charge is 2.15. The Morgan fingerprint density at radius 1 is 1.13 bits per heavy atom. The summed E-state index contributed by atoms with van der Waals surface area (Å²) >= 11 is 1.34. The minimum absolute atomic E-state index is 0.218. The van der Waals surface area contributed by atoms with Crippen molar-refractivity contribution in [3.63, 3.8) is 0 Å². The molecule has 0 radical (unpaired) electrons. The van der Waals surface area contributed by atoms with Gasteiger partial charge in [-0.15, -0.1) is 11.3 Å². The van der Waals surface area contributed by atoms with Crippen LogP contribution in [0.25, 0.3) is 22.2 Å². The summed E-state index contributed by atoms with van der Waals surface area (Å²) in [6.45, 7) is -0.218. The molecular formula is C22H18N4O3S. The molecule has 0 bridgehead atoms. The third-order valence-corrected chi connectivity index (χ3v) is 6.11. The number of rotatable bonds is 4. The first-order valence-corrected chi connectivity index (χ1v) is 10.6. The van der Waals surface area contributed by atoms with E-state index in [2.05, 4.69) is 33.5 Å². The zero-order valence-corrected chi connectivity index (χ0v) is 16.8. The number of aromatic nitrogens is 3. The van der Waals surface area contributed by atoms with Crippen molar-refractivity contribution in [1.82, 2.24) is 14.5 Å². The van der Waals surface area contributed by atoms with Crippen LogP contribution in [0.3, 0.4) is 0 Å². The Bertz CT molecular complexity index is 1400. The predicted octanol–water partition coefficient (Wildman–Crippen LogP) is 2.94. The highest BCUT2D eigenvalue weighted by Crippen LogP contribution is 2.30. The van der Waals surface area contributed by atoms with Gasteiger partial charge < -0.3 is 5.32 Å². The number of aromatic amines is 1. The second-order valence-corrected chi connectivity index (χ2v) is 8.14. The van der Waals surface area contributed by atoms with Crippen molar-refractivity contribution in [3.05, 3.63) is 79.8 Å². The van der Waals surface area contributed by atoms with Gasteiger partial charge in [0.25, 0.3) is 5.56 Å². The Morgan fingerprint density at radius 2 is 1.97 bits per heavy atom. The van der Waals surface area contributed by atoms with Crippen molar-refractivity contribution in [3.8, 4) is 11.3 Å². The third kappa shape index (κ3) is 3.35. The van der Waals surface area contributed by atoms with Gasteiger partial charge in [-0.25, -0.2) is 9.78 Å². The minimum atomic E-state index is -0.619. The largest absolute Gasteiger partial charge is 0.329 e. The quantitative estimate of drug-likeness (QED) is 0.533. The molecule has 0 saturated carbocycles. The third-order valence-electron chi connectivity index (χ3n) is 5.35. The van der Waals surface area contributed by atoms with Crippen molar-refractivity contribution in [2.45, 2.75) is 25.8 Å². The maximum absolute atomic E-state index is 12.6. The monoisotopic (exact) mass is 418 g/mol. The van der Waals surface area contributed by atoms with Gasteiger partial charge in [-0.2, -0.15) is 0 Å². The van der Waals surface area contributed by atoms with E-state index in [4.69, 9.17) is 0 Å². The molecular weight excluding hydrogens is 400 g/mol. The Balaban J connectivity index is 1.37. The van der Waals surface area contributed by atoms with E-state index < -0.39 is 11.2 Å². The van der Waals surface area contributed by atoms with E-state index in [9.17, 15) is 14.4 Å². The number of benzene rings is 2. The number of H-pyrrole nitrogens is 1. The molecule has 150 valence electrons. The summed E-state index contributed by atoms with van der Waals surface area (Å²) in [6.07, 6.45) is 3.42. The van der Waals surface area contributed by atoms with Gasteiger partial charge in [-0.05, 0) is 48.6 Å². The van der Waals surface area contributed by atoms with E-state index in [-0.39, 0.29) is 12.5 Å². The zero-order valence-electron chi connectivity index (χ0n) is 16.0. The summed E-state index contributed by atoms with van der Waals surface area (Å²) in [5, 5.41) is 5.50. The fourth-order valence-corrected chi connectivity index (χ4v) is 4.63. The molecule has 2 aromatic heterocycles. The van der Waals surface area contributed by atoms with E-state index in [1.165, 1.54) is 33.5 Å². The molecule has 1 aliphatic carbocycles. The Labute approximate surface area is 175 Å². The van der Waals surface area contributed by atoms with Gasteiger partial charge in [-0.3, -0.25) is 19.1 Å². The SMILES string of the molecule is O=C(Cn1c(=O)[nH]c(=O)c2ccccc21)Nc1nc(-c2ccc3c(c2)CCC3)cs1. The first-order valence-electron chi connectivity index (χ1n) is 9.68. The van der Waals surface area contributed by atoms with Crippen molar-refractivity contribution < 1.29 is 4.79 Å². The molecule has 7 nitrogen and oxygen atoms in total. The summed E-state index contributed by atoms with van der Waals surface area (Å²) in [5.41, 5.74) is 3.96. The van der Waals surface area contributed by atoms with E-state index >= 15 is 0 Å². The Hall–Kier alpha value is -3.52. The average Bonchev–Trinajstić information content (AvgIpc) is 3.40.